The average molecular weight is 554 g/mol. The molecule has 2 aliphatic rings. The summed E-state index contributed by atoms with van der Waals surface area (Å²) in [5.74, 6) is 0. The lowest BCUT2D eigenvalue weighted by Crippen LogP contribution is -2.53. The quantitative estimate of drug-likeness (QED) is 0.188. The van der Waals surface area contributed by atoms with E-state index in [1.807, 2.05) is 0 Å². The van der Waals surface area contributed by atoms with Gasteiger partial charge in [0.2, 0.25) is 0 Å². The van der Waals surface area contributed by atoms with E-state index < -0.39 is 8.07 Å². The van der Waals surface area contributed by atoms with Gasteiger partial charge in [0.05, 0.1) is 8.07 Å². The van der Waals surface area contributed by atoms with Crippen molar-refractivity contribution in [1.29, 1.82) is 0 Å². The van der Waals surface area contributed by atoms with Crippen LogP contribution < -0.4 is 5.19 Å². The summed E-state index contributed by atoms with van der Waals surface area (Å²) in [6.07, 6.45) is 1.04. The zero-order chi connectivity index (χ0) is 29.1. The zero-order valence-corrected chi connectivity index (χ0v) is 27.2. The number of hydrogen-bond acceptors (Lipinski definition) is 0. The Bertz CT molecular complexity index is 1870. The number of rotatable bonds is 2. The fourth-order valence-corrected chi connectivity index (χ4v) is 12.6. The Kier molecular flexibility index (Phi) is 5.55. The normalized spacial score (nSPS) is 16.1. The summed E-state index contributed by atoms with van der Waals surface area (Å²) in [5, 5.41) is 3.08. The van der Waals surface area contributed by atoms with E-state index in [-0.39, 0.29) is 10.8 Å². The molecule has 0 amide bonds. The van der Waals surface area contributed by atoms with E-state index in [4.69, 9.17) is 0 Å². The van der Waals surface area contributed by atoms with Gasteiger partial charge in [-0.1, -0.05) is 133 Å². The van der Waals surface area contributed by atoms with E-state index in [0.29, 0.717) is 5.54 Å². The molecule has 5 aromatic rings. The molecule has 1 nitrogen and oxygen atoms in total. The SMILES string of the molecule is Cn1c2c(c3ccccc31)-c1ccccc1C2[Si](C)(C)c1c(C(C)(C)C)ccc2c1Cc1cc(C(C)(C)C)ccc1-2. The van der Waals surface area contributed by atoms with Gasteiger partial charge in [-0.25, -0.2) is 0 Å². The van der Waals surface area contributed by atoms with E-state index in [2.05, 4.69) is 145 Å². The topological polar surface area (TPSA) is 4.93 Å². The molecule has 1 atom stereocenters. The van der Waals surface area contributed by atoms with Crippen molar-refractivity contribution in [3.05, 3.63) is 112 Å². The largest absolute Gasteiger partial charge is 0.347 e. The summed E-state index contributed by atoms with van der Waals surface area (Å²) in [7, 11) is 0.135. The highest BCUT2D eigenvalue weighted by atomic mass is 28.3. The van der Waals surface area contributed by atoms with E-state index >= 15 is 0 Å². The molecule has 2 aliphatic carbocycles. The first kappa shape index (κ1) is 26.5. The van der Waals surface area contributed by atoms with Crippen LogP contribution in [0.1, 0.15) is 80.6 Å². The molecular formula is C39H43NSi. The molecule has 1 unspecified atom stereocenters. The number of nitrogens with zero attached hydrogens (tertiary/aromatic N) is 1. The molecule has 2 heteroatoms. The van der Waals surface area contributed by atoms with Gasteiger partial charge in [-0.3, -0.25) is 0 Å². The third-order valence-electron chi connectivity index (χ3n) is 10.1. The van der Waals surface area contributed by atoms with Gasteiger partial charge in [0.1, 0.15) is 0 Å². The maximum absolute atomic E-state index is 2.66. The third kappa shape index (κ3) is 3.72. The van der Waals surface area contributed by atoms with Crippen molar-refractivity contribution in [2.45, 2.75) is 77.4 Å². The highest BCUT2D eigenvalue weighted by molar-refractivity contribution is 6.92. The molecule has 41 heavy (non-hydrogen) atoms. The fourth-order valence-electron chi connectivity index (χ4n) is 8.14. The van der Waals surface area contributed by atoms with E-state index in [1.165, 1.54) is 55.5 Å². The third-order valence-corrected chi connectivity index (χ3v) is 14.0. The minimum Gasteiger partial charge on any atom is -0.347 e. The van der Waals surface area contributed by atoms with Crippen molar-refractivity contribution >= 4 is 24.2 Å². The number of benzene rings is 4. The van der Waals surface area contributed by atoms with Crippen LogP contribution in [-0.4, -0.2) is 12.6 Å². The maximum atomic E-state index is 2.66. The molecule has 0 saturated heterocycles. The summed E-state index contributed by atoms with van der Waals surface area (Å²) < 4.78 is 2.52. The van der Waals surface area contributed by atoms with Gasteiger partial charge in [-0.05, 0) is 67.8 Å². The van der Waals surface area contributed by atoms with Crippen molar-refractivity contribution in [2.75, 3.05) is 0 Å². The van der Waals surface area contributed by atoms with Crippen molar-refractivity contribution in [3.8, 4) is 22.3 Å². The van der Waals surface area contributed by atoms with Crippen LogP contribution in [0.5, 0.6) is 0 Å². The Hall–Kier alpha value is -3.36. The van der Waals surface area contributed by atoms with E-state index in [1.54, 1.807) is 16.3 Å². The van der Waals surface area contributed by atoms with Crippen LogP contribution in [-0.2, 0) is 24.3 Å². The first-order valence-corrected chi connectivity index (χ1v) is 18.3. The van der Waals surface area contributed by atoms with Crippen molar-refractivity contribution in [2.24, 2.45) is 7.05 Å². The first-order chi connectivity index (χ1) is 19.3. The maximum Gasteiger partial charge on any atom is 0.0954 e. The van der Waals surface area contributed by atoms with Crippen LogP contribution >= 0.6 is 0 Å². The highest BCUT2D eigenvalue weighted by Gasteiger charge is 2.48. The number of aromatic nitrogens is 1. The van der Waals surface area contributed by atoms with Crippen LogP contribution in [0, 0.1) is 0 Å². The van der Waals surface area contributed by atoms with E-state index in [9.17, 15) is 0 Å². The lowest BCUT2D eigenvalue weighted by atomic mass is 9.84. The van der Waals surface area contributed by atoms with Crippen LogP contribution in [0.3, 0.4) is 0 Å². The van der Waals surface area contributed by atoms with Gasteiger partial charge >= 0.3 is 0 Å². The summed E-state index contributed by atoms with van der Waals surface area (Å²) >= 11 is 0. The van der Waals surface area contributed by atoms with Crippen LogP contribution in [0.15, 0.2) is 78.9 Å². The Morgan fingerprint density at radius 1 is 0.732 bits per heavy atom. The molecule has 0 radical (unpaired) electrons. The minimum atomic E-state index is -2.16. The minimum absolute atomic E-state index is 0.0693. The highest BCUT2D eigenvalue weighted by Crippen LogP contribution is 2.53. The second-order valence-corrected chi connectivity index (χ2v) is 19.7. The Morgan fingerprint density at radius 3 is 2.15 bits per heavy atom. The molecule has 0 N–H and O–H groups in total. The van der Waals surface area contributed by atoms with Crippen LogP contribution in [0.25, 0.3) is 33.2 Å². The lowest BCUT2D eigenvalue weighted by molar-refractivity contribution is 0.589. The molecular weight excluding hydrogens is 511 g/mol. The van der Waals surface area contributed by atoms with Crippen molar-refractivity contribution in [3.63, 3.8) is 0 Å². The molecule has 0 saturated carbocycles. The van der Waals surface area contributed by atoms with Crippen molar-refractivity contribution in [1.82, 2.24) is 4.57 Å². The molecule has 0 aliphatic heterocycles. The summed E-state index contributed by atoms with van der Waals surface area (Å²) in [5.41, 5.74) is 16.9. The number of aryl methyl sites for hydroxylation is 1. The molecule has 1 heterocycles. The number of hydrogen-bond donors (Lipinski definition) is 0. The number of para-hydroxylation sites is 1. The van der Waals surface area contributed by atoms with Gasteiger partial charge in [0, 0.05) is 34.7 Å². The standard InChI is InChI=1S/C39H43NSi/c1-38(2,3)25-18-19-26-24(22-25)23-31-27(26)20-21-32(39(4,5)6)36(31)41(8,9)37-29-15-11-10-14-28(29)34-30-16-12-13-17-33(30)40(7)35(34)37/h10-22,37H,23H2,1-9H3. The molecule has 7 rings (SSSR count). The van der Waals surface area contributed by atoms with Gasteiger partial charge in [0.25, 0.3) is 0 Å². The lowest BCUT2D eigenvalue weighted by Gasteiger charge is -2.38. The Balaban J connectivity index is 1.50. The summed E-state index contributed by atoms with van der Waals surface area (Å²) in [6.45, 7) is 19.5. The predicted octanol–water partition coefficient (Wildman–Crippen LogP) is 9.61. The molecule has 4 aromatic carbocycles. The van der Waals surface area contributed by atoms with E-state index in [0.717, 1.165) is 6.42 Å². The van der Waals surface area contributed by atoms with Gasteiger partial charge < -0.3 is 4.57 Å². The van der Waals surface area contributed by atoms with Gasteiger partial charge in [-0.2, -0.15) is 0 Å². The summed E-state index contributed by atoms with van der Waals surface area (Å²) in [6, 6.07) is 30.5. The molecule has 0 fully saturated rings. The van der Waals surface area contributed by atoms with Crippen LogP contribution in [0.2, 0.25) is 13.1 Å². The fraction of sp³-hybridized carbons (Fsp3) is 0.333. The Labute approximate surface area is 247 Å². The molecule has 0 spiro atoms. The monoisotopic (exact) mass is 553 g/mol. The predicted molar refractivity (Wildman–Crippen MR) is 179 cm³/mol. The molecule has 208 valence electrons. The van der Waals surface area contributed by atoms with Gasteiger partial charge in [-0.15, -0.1) is 0 Å². The smallest absolute Gasteiger partial charge is 0.0954 e. The first-order valence-electron chi connectivity index (χ1n) is 15.3. The Morgan fingerprint density at radius 2 is 1.41 bits per heavy atom. The van der Waals surface area contributed by atoms with Crippen LogP contribution in [0.4, 0.5) is 0 Å². The second-order valence-electron chi connectivity index (χ2n) is 15.1. The molecule has 0 bridgehead atoms. The zero-order valence-electron chi connectivity index (χ0n) is 26.2. The molecule has 1 aromatic heterocycles. The van der Waals surface area contributed by atoms with Crippen molar-refractivity contribution < 1.29 is 0 Å². The van der Waals surface area contributed by atoms with Gasteiger partial charge in [0.15, 0.2) is 0 Å². The number of fused-ring (bicyclic) bond motifs is 8. The average Bonchev–Trinajstić information content (AvgIpc) is 3.55. The second kappa shape index (κ2) is 8.58. The summed E-state index contributed by atoms with van der Waals surface area (Å²) in [4.78, 5) is 0.